The van der Waals surface area contributed by atoms with Gasteiger partial charge in [-0.25, -0.2) is 4.79 Å². The van der Waals surface area contributed by atoms with E-state index in [4.69, 9.17) is 10.8 Å². The summed E-state index contributed by atoms with van der Waals surface area (Å²) in [5, 5.41) is 8.79. The number of aromatic carboxylic acids is 1. The largest absolute Gasteiger partial charge is 0.478 e. The van der Waals surface area contributed by atoms with Gasteiger partial charge < -0.3 is 10.8 Å². The topological polar surface area (TPSA) is 63.3 Å². The number of rotatable bonds is 3. The maximum atomic E-state index is 10.7. The van der Waals surface area contributed by atoms with E-state index < -0.39 is 5.97 Å². The lowest BCUT2D eigenvalue weighted by Crippen LogP contribution is -2.19. The van der Waals surface area contributed by atoms with Crippen molar-refractivity contribution in [1.29, 1.82) is 0 Å². The second-order valence-electron chi connectivity index (χ2n) is 4.50. The van der Waals surface area contributed by atoms with Gasteiger partial charge in [-0.15, -0.1) is 12.4 Å². The minimum Gasteiger partial charge on any atom is -0.478 e. The molecule has 1 aromatic carbocycles. The van der Waals surface area contributed by atoms with E-state index in [1.165, 1.54) is 25.7 Å². The molecule has 0 unspecified atom stereocenters. The Bertz CT molecular complexity index is 372. The molecule has 0 aromatic heterocycles. The van der Waals surface area contributed by atoms with Crippen molar-refractivity contribution < 1.29 is 9.90 Å². The monoisotopic (exact) mass is 255 g/mol. The van der Waals surface area contributed by atoms with Gasteiger partial charge >= 0.3 is 5.97 Å². The molecule has 1 aliphatic rings. The molecule has 1 saturated carbocycles. The van der Waals surface area contributed by atoms with Crippen LogP contribution in [-0.2, 0) is 0 Å². The van der Waals surface area contributed by atoms with Crippen LogP contribution in [-0.4, -0.2) is 11.1 Å². The van der Waals surface area contributed by atoms with Crippen LogP contribution in [0.3, 0.4) is 0 Å². The van der Waals surface area contributed by atoms with Crippen LogP contribution in [0.4, 0.5) is 0 Å². The van der Waals surface area contributed by atoms with Gasteiger partial charge in [0.05, 0.1) is 5.56 Å². The zero-order valence-electron chi connectivity index (χ0n) is 9.63. The van der Waals surface area contributed by atoms with E-state index >= 15 is 0 Å². The molecule has 3 nitrogen and oxygen atoms in total. The fourth-order valence-corrected chi connectivity index (χ4v) is 2.44. The van der Waals surface area contributed by atoms with Gasteiger partial charge in [-0.1, -0.05) is 25.0 Å². The third kappa shape index (κ3) is 3.20. The van der Waals surface area contributed by atoms with Gasteiger partial charge in [-0.05, 0) is 36.5 Å². The van der Waals surface area contributed by atoms with Gasteiger partial charge in [-0.3, -0.25) is 0 Å². The summed E-state index contributed by atoms with van der Waals surface area (Å²) in [4.78, 5) is 10.7. The summed E-state index contributed by atoms with van der Waals surface area (Å²) in [6, 6.07) is 7.00. The Labute approximate surface area is 107 Å². The summed E-state index contributed by atoms with van der Waals surface area (Å²) in [6.45, 7) is 0. The number of carbonyl (C=O) groups is 1. The van der Waals surface area contributed by atoms with Crippen molar-refractivity contribution in [3.8, 4) is 0 Å². The van der Waals surface area contributed by atoms with Crippen LogP contribution >= 0.6 is 12.4 Å². The summed E-state index contributed by atoms with van der Waals surface area (Å²) < 4.78 is 0. The first-order valence-electron chi connectivity index (χ1n) is 5.77. The molecular weight excluding hydrogens is 238 g/mol. The fourth-order valence-electron chi connectivity index (χ4n) is 2.44. The molecule has 0 bridgehead atoms. The molecule has 2 rings (SSSR count). The Morgan fingerprint density at radius 2 is 1.76 bits per heavy atom. The summed E-state index contributed by atoms with van der Waals surface area (Å²) in [5.74, 6) is -0.323. The van der Waals surface area contributed by atoms with Crippen molar-refractivity contribution in [2.45, 2.75) is 31.7 Å². The minimum absolute atomic E-state index is 0. The molecule has 1 aliphatic carbocycles. The lowest BCUT2D eigenvalue weighted by atomic mass is 9.92. The van der Waals surface area contributed by atoms with Crippen molar-refractivity contribution in [3.05, 3.63) is 35.4 Å². The predicted molar refractivity (Wildman–Crippen MR) is 69.5 cm³/mol. The highest BCUT2D eigenvalue weighted by Crippen LogP contribution is 2.34. The molecule has 0 spiro atoms. The number of benzene rings is 1. The SMILES string of the molecule is Cl.N[C@@H](c1ccc(C(=O)O)cc1)C1CCCC1. The average Bonchev–Trinajstić information content (AvgIpc) is 2.81. The van der Waals surface area contributed by atoms with E-state index in [9.17, 15) is 4.79 Å². The summed E-state index contributed by atoms with van der Waals surface area (Å²) in [5.41, 5.74) is 7.55. The lowest BCUT2D eigenvalue weighted by molar-refractivity contribution is 0.0697. The van der Waals surface area contributed by atoms with Gasteiger partial charge in [0, 0.05) is 6.04 Å². The average molecular weight is 256 g/mol. The molecule has 3 N–H and O–H groups in total. The molecule has 17 heavy (non-hydrogen) atoms. The maximum Gasteiger partial charge on any atom is 0.335 e. The minimum atomic E-state index is -0.888. The molecular formula is C13H18ClNO2. The van der Waals surface area contributed by atoms with Gasteiger partial charge in [0.2, 0.25) is 0 Å². The number of hydrogen-bond acceptors (Lipinski definition) is 2. The van der Waals surface area contributed by atoms with Gasteiger partial charge in [0.15, 0.2) is 0 Å². The molecule has 94 valence electrons. The first-order valence-corrected chi connectivity index (χ1v) is 5.77. The molecule has 0 heterocycles. The standard InChI is InChI=1S/C13H17NO2.ClH/c14-12(9-3-1-2-4-9)10-5-7-11(8-6-10)13(15)16;/h5-9,12H,1-4,14H2,(H,15,16);1H/t12-;/m1./s1. The quantitative estimate of drug-likeness (QED) is 0.873. The summed E-state index contributed by atoms with van der Waals surface area (Å²) in [7, 11) is 0. The Hall–Kier alpha value is -1.06. The molecule has 4 heteroatoms. The van der Waals surface area contributed by atoms with Crippen LogP contribution in [0.25, 0.3) is 0 Å². The Morgan fingerprint density at radius 3 is 2.24 bits per heavy atom. The van der Waals surface area contributed by atoms with Crippen LogP contribution < -0.4 is 5.73 Å². The van der Waals surface area contributed by atoms with E-state index in [0.29, 0.717) is 11.5 Å². The number of nitrogens with two attached hydrogens (primary N) is 1. The Morgan fingerprint density at radius 1 is 1.24 bits per heavy atom. The van der Waals surface area contributed by atoms with Crippen LogP contribution in [0.15, 0.2) is 24.3 Å². The smallest absolute Gasteiger partial charge is 0.335 e. The Kier molecular flexibility index (Phi) is 4.97. The zero-order valence-corrected chi connectivity index (χ0v) is 10.5. The van der Waals surface area contributed by atoms with E-state index in [1.54, 1.807) is 12.1 Å². The fraction of sp³-hybridized carbons (Fsp3) is 0.462. The first kappa shape index (κ1) is 14.0. The Balaban J connectivity index is 0.00000144. The van der Waals surface area contributed by atoms with E-state index in [-0.39, 0.29) is 18.4 Å². The second kappa shape index (κ2) is 6.03. The van der Waals surface area contributed by atoms with Crippen LogP contribution in [0.5, 0.6) is 0 Å². The highest BCUT2D eigenvalue weighted by Gasteiger charge is 2.23. The molecule has 1 atom stereocenters. The highest BCUT2D eigenvalue weighted by atomic mass is 35.5. The van der Waals surface area contributed by atoms with Gasteiger partial charge in [-0.2, -0.15) is 0 Å². The van der Waals surface area contributed by atoms with E-state index in [1.807, 2.05) is 12.1 Å². The third-order valence-corrected chi connectivity index (χ3v) is 3.45. The number of carboxylic acid groups (broad SMARTS) is 1. The zero-order chi connectivity index (χ0) is 11.5. The van der Waals surface area contributed by atoms with Crippen LogP contribution in [0.2, 0.25) is 0 Å². The molecule has 0 amide bonds. The normalized spacial score (nSPS) is 17.5. The van der Waals surface area contributed by atoms with Crippen LogP contribution in [0.1, 0.15) is 47.6 Å². The predicted octanol–water partition coefficient (Wildman–Crippen LogP) is 3.00. The molecule has 0 aliphatic heterocycles. The van der Waals surface area contributed by atoms with Crippen molar-refractivity contribution >= 4 is 18.4 Å². The van der Waals surface area contributed by atoms with Crippen molar-refractivity contribution in [1.82, 2.24) is 0 Å². The lowest BCUT2D eigenvalue weighted by Gasteiger charge is -2.19. The molecule has 1 fully saturated rings. The summed E-state index contributed by atoms with van der Waals surface area (Å²) >= 11 is 0. The molecule has 0 saturated heterocycles. The molecule has 1 aromatic rings. The van der Waals surface area contributed by atoms with Gasteiger partial charge in [0.25, 0.3) is 0 Å². The number of halogens is 1. The molecule has 0 radical (unpaired) electrons. The maximum absolute atomic E-state index is 10.7. The van der Waals surface area contributed by atoms with E-state index in [2.05, 4.69) is 0 Å². The third-order valence-electron chi connectivity index (χ3n) is 3.45. The second-order valence-corrected chi connectivity index (χ2v) is 4.50. The van der Waals surface area contributed by atoms with Crippen molar-refractivity contribution in [2.75, 3.05) is 0 Å². The van der Waals surface area contributed by atoms with Crippen molar-refractivity contribution in [2.24, 2.45) is 11.7 Å². The highest BCUT2D eigenvalue weighted by molar-refractivity contribution is 5.87. The number of hydrogen-bond donors (Lipinski definition) is 2. The van der Waals surface area contributed by atoms with Gasteiger partial charge in [0.1, 0.15) is 0 Å². The van der Waals surface area contributed by atoms with Crippen molar-refractivity contribution in [3.63, 3.8) is 0 Å². The van der Waals surface area contributed by atoms with E-state index in [0.717, 1.165) is 5.56 Å². The first-order chi connectivity index (χ1) is 7.68. The van der Waals surface area contributed by atoms with Crippen LogP contribution in [0, 0.1) is 5.92 Å². The summed E-state index contributed by atoms with van der Waals surface area (Å²) in [6.07, 6.45) is 4.93. The number of carboxylic acids is 1.